The van der Waals surface area contributed by atoms with Crippen LogP contribution in [0.25, 0.3) is 22.2 Å². The summed E-state index contributed by atoms with van der Waals surface area (Å²) in [5.74, 6) is 1.02. The summed E-state index contributed by atoms with van der Waals surface area (Å²) in [6, 6.07) is 20.9. The lowest BCUT2D eigenvalue weighted by Crippen LogP contribution is -2.30. The molecule has 1 N–H and O–H groups in total. The Bertz CT molecular complexity index is 1290. The molecular weight excluding hydrogens is 396 g/mol. The molecule has 1 aliphatic rings. The van der Waals surface area contributed by atoms with Crippen molar-refractivity contribution in [3.8, 4) is 11.1 Å². The number of nitrogens with zero attached hydrogens (tertiary/aromatic N) is 3. The van der Waals surface area contributed by atoms with Crippen LogP contribution in [-0.2, 0) is 13.0 Å². The van der Waals surface area contributed by atoms with Crippen molar-refractivity contribution >= 4 is 22.6 Å². The van der Waals surface area contributed by atoms with Crippen molar-refractivity contribution in [1.82, 2.24) is 14.9 Å². The highest BCUT2D eigenvalue weighted by Crippen LogP contribution is 2.29. The van der Waals surface area contributed by atoms with E-state index >= 15 is 0 Å². The van der Waals surface area contributed by atoms with Crippen LogP contribution in [0.15, 0.2) is 60.7 Å². The minimum absolute atomic E-state index is 0.0991. The largest absolute Gasteiger partial charge is 0.378 e. The van der Waals surface area contributed by atoms with Crippen LogP contribution in [0.5, 0.6) is 0 Å². The topological polar surface area (TPSA) is 52.2 Å². The molecule has 1 aromatic heterocycles. The lowest BCUT2D eigenvalue weighted by Gasteiger charge is -2.22. The van der Waals surface area contributed by atoms with E-state index in [4.69, 9.17) is 0 Å². The molecule has 0 saturated heterocycles. The standard InChI is InChI=1S/C27H28N4O/c1-18-28-25-13-10-22(16-26(25)29-18)21-7-6-19-5-4-14-31(17-23(19)15-21)27(32)20-8-11-24(12-9-20)30(2)3/h6-13,15-16H,4-5,14,17H2,1-3H3,(H,28,29). The average molecular weight is 425 g/mol. The SMILES string of the molecule is Cc1nc2cc(-c3ccc4c(c3)CN(C(=O)c3ccc(N(C)C)cc3)CCC4)ccc2[nH]1. The molecule has 3 aromatic carbocycles. The zero-order valence-corrected chi connectivity index (χ0v) is 18.9. The number of benzene rings is 3. The number of amides is 1. The van der Waals surface area contributed by atoms with E-state index < -0.39 is 0 Å². The maximum Gasteiger partial charge on any atom is 0.254 e. The summed E-state index contributed by atoms with van der Waals surface area (Å²) >= 11 is 0. The Hall–Kier alpha value is -3.60. The maximum atomic E-state index is 13.2. The molecule has 4 aromatic rings. The van der Waals surface area contributed by atoms with Crippen molar-refractivity contribution < 1.29 is 4.79 Å². The second-order valence-corrected chi connectivity index (χ2v) is 8.81. The lowest BCUT2D eigenvalue weighted by atomic mass is 9.97. The maximum absolute atomic E-state index is 13.2. The van der Waals surface area contributed by atoms with Crippen molar-refractivity contribution in [1.29, 1.82) is 0 Å². The van der Waals surface area contributed by atoms with E-state index in [1.165, 1.54) is 11.1 Å². The summed E-state index contributed by atoms with van der Waals surface area (Å²) in [5, 5.41) is 0. The van der Waals surface area contributed by atoms with Crippen molar-refractivity contribution in [2.45, 2.75) is 26.3 Å². The minimum atomic E-state index is 0.0991. The lowest BCUT2D eigenvalue weighted by molar-refractivity contribution is 0.0746. The molecule has 162 valence electrons. The molecule has 0 saturated carbocycles. The van der Waals surface area contributed by atoms with Gasteiger partial charge in [0.15, 0.2) is 0 Å². The molecule has 1 amide bonds. The predicted molar refractivity (Wildman–Crippen MR) is 130 cm³/mol. The molecule has 0 atom stereocenters. The van der Waals surface area contributed by atoms with Crippen LogP contribution in [-0.4, -0.2) is 41.4 Å². The first-order chi connectivity index (χ1) is 15.5. The fraction of sp³-hybridized carbons (Fsp3) is 0.259. The van der Waals surface area contributed by atoms with E-state index in [9.17, 15) is 4.79 Å². The molecule has 0 aliphatic carbocycles. The van der Waals surface area contributed by atoms with Gasteiger partial charge in [0.2, 0.25) is 0 Å². The quantitative estimate of drug-likeness (QED) is 0.492. The third-order valence-electron chi connectivity index (χ3n) is 6.29. The Morgan fingerprint density at radius 3 is 2.50 bits per heavy atom. The number of aromatic nitrogens is 2. The number of hydrogen-bond acceptors (Lipinski definition) is 3. The van der Waals surface area contributed by atoms with Gasteiger partial charge in [-0.15, -0.1) is 0 Å². The Morgan fingerprint density at radius 1 is 0.969 bits per heavy atom. The Labute approximate surface area is 188 Å². The number of rotatable bonds is 3. The first kappa shape index (κ1) is 20.3. The van der Waals surface area contributed by atoms with Gasteiger partial charge in [-0.2, -0.15) is 0 Å². The number of aryl methyl sites for hydroxylation is 2. The number of H-pyrrole nitrogens is 1. The number of carbonyl (C=O) groups is 1. The second kappa shape index (κ2) is 8.15. The van der Waals surface area contributed by atoms with E-state index in [0.717, 1.165) is 58.6 Å². The number of anilines is 1. The summed E-state index contributed by atoms with van der Waals surface area (Å²) in [6.45, 7) is 3.39. The van der Waals surface area contributed by atoms with E-state index in [0.29, 0.717) is 6.54 Å². The number of imidazole rings is 1. The van der Waals surface area contributed by atoms with Gasteiger partial charge in [-0.1, -0.05) is 18.2 Å². The first-order valence-corrected chi connectivity index (χ1v) is 11.1. The highest BCUT2D eigenvalue weighted by molar-refractivity contribution is 5.94. The smallest absolute Gasteiger partial charge is 0.254 e. The van der Waals surface area contributed by atoms with E-state index in [-0.39, 0.29) is 5.91 Å². The summed E-state index contributed by atoms with van der Waals surface area (Å²) in [5.41, 5.74) is 8.75. The molecule has 0 unspecified atom stereocenters. The fourth-order valence-corrected chi connectivity index (χ4v) is 4.51. The fourth-order valence-electron chi connectivity index (χ4n) is 4.51. The van der Waals surface area contributed by atoms with Crippen molar-refractivity contribution in [3.63, 3.8) is 0 Å². The normalized spacial score (nSPS) is 13.7. The predicted octanol–water partition coefficient (Wildman–Crippen LogP) is 5.19. The minimum Gasteiger partial charge on any atom is -0.378 e. The molecule has 0 spiro atoms. The van der Waals surface area contributed by atoms with Crippen LogP contribution in [0.4, 0.5) is 5.69 Å². The molecule has 5 rings (SSSR count). The molecule has 5 nitrogen and oxygen atoms in total. The molecule has 0 fully saturated rings. The molecule has 0 radical (unpaired) electrons. The Kier molecular flexibility index (Phi) is 5.17. The van der Waals surface area contributed by atoms with Gasteiger partial charge in [0, 0.05) is 38.4 Å². The van der Waals surface area contributed by atoms with Crippen molar-refractivity contribution in [2.75, 3.05) is 25.5 Å². The number of carbonyl (C=O) groups excluding carboxylic acids is 1. The van der Waals surface area contributed by atoms with Crippen LogP contribution in [0.1, 0.15) is 33.7 Å². The van der Waals surface area contributed by atoms with E-state index in [2.05, 4.69) is 46.4 Å². The zero-order chi connectivity index (χ0) is 22.2. The molecular formula is C27H28N4O. The van der Waals surface area contributed by atoms with Crippen LogP contribution in [0, 0.1) is 6.92 Å². The average Bonchev–Trinajstić information content (AvgIpc) is 3.04. The number of fused-ring (bicyclic) bond motifs is 2. The van der Waals surface area contributed by atoms with E-state index in [1.54, 1.807) is 0 Å². The van der Waals surface area contributed by atoms with Gasteiger partial charge in [-0.3, -0.25) is 4.79 Å². The molecule has 2 heterocycles. The van der Waals surface area contributed by atoms with Gasteiger partial charge in [-0.05, 0) is 84.5 Å². The number of aromatic amines is 1. The monoisotopic (exact) mass is 424 g/mol. The van der Waals surface area contributed by atoms with Crippen LogP contribution in [0.3, 0.4) is 0 Å². The molecule has 0 bridgehead atoms. The molecule has 5 heteroatoms. The summed E-state index contributed by atoms with van der Waals surface area (Å²) in [4.78, 5) is 25.1. The van der Waals surface area contributed by atoms with Gasteiger partial charge < -0.3 is 14.8 Å². The highest BCUT2D eigenvalue weighted by Gasteiger charge is 2.21. The molecule has 32 heavy (non-hydrogen) atoms. The summed E-state index contributed by atoms with van der Waals surface area (Å²) in [7, 11) is 4.01. The van der Waals surface area contributed by atoms with Crippen LogP contribution < -0.4 is 4.90 Å². The summed E-state index contributed by atoms with van der Waals surface area (Å²) in [6.07, 6.45) is 1.98. The van der Waals surface area contributed by atoms with Gasteiger partial charge >= 0.3 is 0 Å². The van der Waals surface area contributed by atoms with Crippen molar-refractivity contribution in [2.24, 2.45) is 0 Å². The number of hydrogen-bond donors (Lipinski definition) is 1. The Balaban J connectivity index is 1.43. The highest BCUT2D eigenvalue weighted by atomic mass is 16.2. The van der Waals surface area contributed by atoms with Crippen LogP contribution in [0.2, 0.25) is 0 Å². The van der Waals surface area contributed by atoms with Crippen molar-refractivity contribution in [3.05, 3.63) is 83.2 Å². The first-order valence-electron chi connectivity index (χ1n) is 11.1. The van der Waals surface area contributed by atoms with Gasteiger partial charge in [0.05, 0.1) is 11.0 Å². The molecule has 1 aliphatic heterocycles. The summed E-state index contributed by atoms with van der Waals surface area (Å²) < 4.78 is 0. The van der Waals surface area contributed by atoms with Gasteiger partial charge in [-0.25, -0.2) is 4.98 Å². The van der Waals surface area contributed by atoms with Gasteiger partial charge in [0.25, 0.3) is 5.91 Å². The van der Waals surface area contributed by atoms with E-state index in [1.807, 2.05) is 55.1 Å². The van der Waals surface area contributed by atoms with Gasteiger partial charge in [0.1, 0.15) is 5.82 Å². The third-order valence-corrected chi connectivity index (χ3v) is 6.29. The second-order valence-electron chi connectivity index (χ2n) is 8.81. The zero-order valence-electron chi connectivity index (χ0n) is 18.9. The Morgan fingerprint density at radius 2 is 1.72 bits per heavy atom. The third kappa shape index (κ3) is 3.86. The number of nitrogens with one attached hydrogen (secondary N) is 1. The van der Waals surface area contributed by atoms with Crippen LogP contribution >= 0.6 is 0 Å².